The Labute approximate surface area is 173 Å². The first-order chi connectivity index (χ1) is 14.1. The quantitative estimate of drug-likeness (QED) is 0.413. The fourth-order valence-electron chi connectivity index (χ4n) is 3.94. The molecule has 1 saturated carbocycles. The second-order valence-electron chi connectivity index (χ2n) is 7.44. The van der Waals surface area contributed by atoms with Crippen LogP contribution in [0.3, 0.4) is 0 Å². The minimum atomic E-state index is -0.489. The molecule has 1 aromatic carbocycles. The number of carbonyl (C=O) groups is 1. The lowest BCUT2D eigenvalue weighted by Crippen LogP contribution is -2.22. The Morgan fingerprint density at radius 2 is 2.00 bits per heavy atom. The van der Waals surface area contributed by atoms with Gasteiger partial charge in [-0.3, -0.25) is 14.3 Å². The van der Waals surface area contributed by atoms with E-state index in [0.717, 1.165) is 30.7 Å². The molecule has 29 heavy (non-hydrogen) atoms. The molecule has 0 bridgehead atoms. The molecule has 0 N–H and O–H groups in total. The van der Waals surface area contributed by atoms with Crippen molar-refractivity contribution < 1.29 is 9.18 Å². The third-order valence-electron chi connectivity index (χ3n) is 5.49. The molecule has 150 valence electrons. The van der Waals surface area contributed by atoms with Gasteiger partial charge in [0.15, 0.2) is 16.8 Å². The van der Waals surface area contributed by atoms with Crippen molar-refractivity contribution in [2.75, 3.05) is 5.75 Å². The number of thioether (sulfide) groups is 1. The monoisotopic (exact) mass is 410 g/mol. The highest BCUT2D eigenvalue weighted by atomic mass is 32.2. The molecule has 1 aliphatic rings. The summed E-state index contributed by atoms with van der Waals surface area (Å²) in [5, 5.41) is 9.52. The zero-order chi connectivity index (χ0) is 20.2. The summed E-state index contributed by atoms with van der Waals surface area (Å²) in [4.78, 5) is 16.8. The molecule has 7 heteroatoms. The van der Waals surface area contributed by atoms with Gasteiger partial charge in [0.05, 0.1) is 11.3 Å². The lowest BCUT2D eigenvalue weighted by atomic mass is 9.85. The van der Waals surface area contributed by atoms with E-state index in [1.165, 1.54) is 30.3 Å². The predicted octanol–water partition coefficient (Wildman–Crippen LogP) is 5.21. The number of aromatic nitrogens is 4. The van der Waals surface area contributed by atoms with Crippen LogP contribution >= 0.6 is 11.8 Å². The minimum absolute atomic E-state index is 0.115. The Hall–Kier alpha value is -2.54. The fraction of sp³-hybridized carbons (Fsp3) is 0.364. The molecule has 1 aliphatic carbocycles. The SMILES string of the molecule is C[C@@H]1CCCC[C@H]1n1c(SCC(=O)c2ccccc2F)nnc1-c1cccnc1. The van der Waals surface area contributed by atoms with Crippen LogP contribution in [-0.2, 0) is 0 Å². The third-order valence-corrected chi connectivity index (χ3v) is 6.43. The van der Waals surface area contributed by atoms with E-state index in [1.54, 1.807) is 24.5 Å². The van der Waals surface area contributed by atoms with Crippen molar-refractivity contribution in [3.8, 4) is 11.4 Å². The summed E-state index contributed by atoms with van der Waals surface area (Å²) in [6.07, 6.45) is 8.13. The van der Waals surface area contributed by atoms with E-state index in [4.69, 9.17) is 0 Å². The molecule has 1 fully saturated rings. The van der Waals surface area contributed by atoms with Gasteiger partial charge in [0.1, 0.15) is 5.82 Å². The first-order valence-corrected chi connectivity index (χ1v) is 10.9. The molecule has 0 amide bonds. The zero-order valence-electron chi connectivity index (χ0n) is 16.3. The van der Waals surface area contributed by atoms with Crippen molar-refractivity contribution in [2.45, 2.75) is 43.8 Å². The first kappa shape index (κ1) is 19.8. The summed E-state index contributed by atoms with van der Waals surface area (Å²) < 4.78 is 16.1. The average molecular weight is 411 g/mol. The van der Waals surface area contributed by atoms with Crippen LogP contribution in [0.15, 0.2) is 53.9 Å². The molecule has 3 aromatic rings. The van der Waals surface area contributed by atoms with Crippen molar-refractivity contribution in [2.24, 2.45) is 5.92 Å². The highest BCUT2D eigenvalue weighted by Crippen LogP contribution is 2.39. The maximum atomic E-state index is 13.9. The summed E-state index contributed by atoms with van der Waals surface area (Å²) in [5.74, 6) is 0.654. The highest BCUT2D eigenvalue weighted by Gasteiger charge is 2.29. The van der Waals surface area contributed by atoms with Crippen LogP contribution in [-0.4, -0.2) is 31.3 Å². The van der Waals surface area contributed by atoms with Crippen LogP contribution in [0.2, 0.25) is 0 Å². The van der Waals surface area contributed by atoms with Gasteiger partial charge in [0.25, 0.3) is 0 Å². The summed E-state index contributed by atoms with van der Waals surface area (Å²) in [6, 6.07) is 10.2. The third kappa shape index (κ3) is 4.24. The van der Waals surface area contributed by atoms with E-state index in [1.807, 2.05) is 12.1 Å². The van der Waals surface area contributed by atoms with Gasteiger partial charge >= 0.3 is 0 Å². The standard InChI is InChI=1S/C22H23FN4OS/c1-15-7-2-5-11-19(15)27-21(16-8-6-12-24-13-16)25-26-22(27)29-14-20(28)17-9-3-4-10-18(17)23/h3-4,6,8-10,12-13,15,19H,2,5,7,11,14H2,1H3/t15-,19-/m1/s1. The van der Waals surface area contributed by atoms with E-state index in [0.29, 0.717) is 11.1 Å². The Morgan fingerprint density at radius 3 is 2.76 bits per heavy atom. The van der Waals surface area contributed by atoms with E-state index >= 15 is 0 Å². The van der Waals surface area contributed by atoms with Gasteiger partial charge in [-0.05, 0) is 43.0 Å². The van der Waals surface area contributed by atoms with Crippen LogP contribution in [0.4, 0.5) is 4.39 Å². The molecule has 4 rings (SSSR count). The number of carbonyl (C=O) groups excluding carboxylic acids is 1. The topological polar surface area (TPSA) is 60.7 Å². The first-order valence-electron chi connectivity index (χ1n) is 9.91. The summed E-state index contributed by atoms with van der Waals surface area (Å²) in [5.41, 5.74) is 1.02. The lowest BCUT2D eigenvalue weighted by Gasteiger charge is -2.31. The number of rotatable bonds is 6. The lowest BCUT2D eigenvalue weighted by molar-refractivity contribution is 0.101. The maximum absolute atomic E-state index is 13.9. The molecule has 0 saturated heterocycles. The van der Waals surface area contributed by atoms with Gasteiger partial charge in [-0.1, -0.05) is 43.7 Å². The van der Waals surface area contributed by atoms with Crippen molar-refractivity contribution in [3.63, 3.8) is 0 Å². The van der Waals surface area contributed by atoms with Crippen molar-refractivity contribution >= 4 is 17.5 Å². The number of hydrogen-bond acceptors (Lipinski definition) is 5. The molecule has 0 aliphatic heterocycles. The van der Waals surface area contributed by atoms with Gasteiger partial charge in [0.2, 0.25) is 0 Å². The number of hydrogen-bond donors (Lipinski definition) is 0. The smallest absolute Gasteiger partial charge is 0.192 e. The number of benzene rings is 1. The largest absolute Gasteiger partial charge is 0.299 e. The molecular weight excluding hydrogens is 387 g/mol. The minimum Gasteiger partial charge on any atom is -0.299 e. The molecule has 2 aromatic heterocycles. The van der Waals surface area contributed by atoms with Crippen LogP contribution in [0.1, 0.15) is 49.0 Å². The summed E-state index contributed by atoms with van der Waals surface area (Å²) >= 11 is 1.32. The second kappa shape index (κ2) is 8.86. The highest BCUT2D eigenvalue weighted by molar-refractivity contribution is 7.99. The molecule has 0 unspecified atom stereocenters. The number of halogens is 1. The Morgan fingerprint density at radius 1 is 1.17 bits per heavy atom. The number of Topliss-reactive ketones (excluding diaryl/α,β-unsaturated/α-hetero) is 1. The van der Waals surface area contributed by atoms with E-state index in [9.17, 15) is 9.18 Å². The van der Waals surface area contributed by atoms with Crippen molar-refractivity contribution in [3.05, 3.63) is 60.2 Å². The fourth-order valence-corrected chi connectivity index (χ4v) is 4.82. The predicted molar refractivity (Wildman–Crippen MR) is 111 cm³/mol. The Balaban J connectivity index is 1.64. The van der Waals surface area contributed by atoms with Gasteiger partial charge in [-0.25, -0.2) is 4.39 Å². The average Bonchev–Trinajstić information content (AvgIpc) is 3.17. The molecule has 5 nitrogen and oxygen atoms in total. The van der Waals surface area contributed by atoms with Crippen molar-refractivity contribution in [1.29, 1.82) is 0 Å². The van der Waals surface area contributed by atoms with Crippen LogP contribution in [0, 0.1) is 11.7 Å². The molecule has 2 heterocycles. The second-order valence-corrected chi connectivity index (χ2v) is 8.38. The van der Waals surface area contributed by atoms with Gasteiger partial charge in [-0.15, -0.1) is 10.2 Å². The van der Waals surface area contributed by atoms with Gasteiger partial charge in [0, 0.05) is 24.0 Å². The van der Waals surface area contributed by atoms with Crippen molar-refractivity contribution in [1.82, 2.24) is 19.7 Å². The number of nitrogens with zero attached hydrogens (tertiary/aromatic N) is 4. The Kier molecular flexibility index (Phi) is 6.04. The van der Waals surface area contributed by atoms with E-state index in [2.05, 4.69) is 26.7 Å². The molecule has 0 spiro atoms. The summed E-state index contributed by atoms with van der Waals surface area (Å²) in [7, 11) is 0. The van der Waals surface area contributed by atoms with Gasteiger partial charge < -0.3 is 0 Å². The van der Waals surface area contributed by atoms with Crippen LogP contribution in [0.5, 0.6) is 0 Å². The number of ketones is 1. The van der Waals surface area contributed by atoms with E-state index < -0.39 is 5.82 Å². The zero-order valence-corrected chi connectivity index (χ0v) is 17.1. The maximum Gasteiger partial charge on any atom is 0.192 e. The molecule has 2 atom stereocenters. The molecular formula is C22H23FN4OS. The number of pyridine rings is 1. The van der Waals surface area contributed by atoms with Crippen LogP contribution < -0.4 is 0 Å². The van der Waals surface area contributed by atoms with E-state index in [-0.39, 0.29) is 23.1 Å². The molecule has 0 radical (unpaired) electrons. The van der Waals surface area contributed by atoms with Crippen LogP contribution in [0.25, 0.3) is 11.4 Å². The Bertz CT molecular complexity index is 991. The summed E-state index contributed by atoms with van der Waals surface area (Å²) in [6.45, 7) is 2.26. The van der Waals surface area contributed by atoms with Gasteiger partial charge in [-0.2, -0.15) is 0 Å². The normalized spacial score (nSPS) is 19.2.